The summed E-state index contributed by atoms with van der Waals surface area (Å²) in [6.07, 6.45) is 1.06. The monoisotopic (exact) mass is 334 g/mol. The summed E-state index contributed by atoms with van der Waals surface area (Å²) in [6, 6.07) is 17.7. The molecule has 1 atom stereocenters. The van der Waals surface area contributed by atoms with Gasteiger partial charge in [-0.3, -0.25) is 0 Å². The second-order valence-electron chi connectivity index (χ2n) is 6.61. The van der Waals surface area contributed by atoms with E-state index in [-0.39, 0.29) is 0 Å². The van der Waals surface area contributed by atoms with E-state index in [0.717, 1.165) is 18.7 Å². The molecule has 122 valence electrons. The Kier molecular flexibility index (Phi) is 3.89. The number of anilines is 1. The van der Waals surface area contributed by atoms with Gasteiger partial charge in [0.1, 0.15) is 0 Å². The maximum Gasteiger partial charge on any atom is 0.0552 e. The fraction of sp³-hybridized carbons (Fsp3) is 0.238. The van der Waals surface area contributed by atoms with E-state index in [1.807, 2.05) is 0 Å². The molecule has 0 aliphatic carbocycles. The third-order valence-corrected chi connectivity index (χ3v) is 6.04. The van der Waals surface area contributed by atoms with Crippen molar-refractivity contribution >= 4 is 23.2 Å². The number of benzene rings is 2. The fourth-order valence-electron chi connectivity index (χ4n) is 3.59. The van der Waals surface area contributed by atoms with E-state index in [0.29, 0.717) is 6.04 Å². The normalized spacial score (nSPS) is 19.7. The smallest absolute Gasteiger partial charge is 0.0552 e. The van der Waals surface area contributed by atoms with E-state index in [1.54, 1.807) is 11.9 Å². The lowest BCUT2D eigenvalue weighted by molar-refractivity contribution is 0.263. The van der Waals surface area contributed by atoms with Crippen molar-refractivity contribution in [3.05, 3.63) is 82.4 Å². The Morgan fingerprint density at radius 2 is 1.92 bits per heavy atom. The van der Waals surface area contributed by atoms with E-state index in [2.05, 4.69) is 78.6 Å². The highest BCUT2D eigenvalue weighted by Gasteiger charge is 2.32. The van der Waals surface area contributed by atoms with Crippen LogP contribution in [-0.2, 0) is 6.54 Å². The Hall–Kier alpha value is -2.13. The first-order valence-electron chi connectivity index (χ1n) is 8.41. The molecule has 3 heteroatoms. The quantitative estimate of drug-likeness (QED) is 0.721. The van der Waals surface area contributed by atoms with Crippen molar-refractivity contribution in [2.24, 2.45) is 0 Å². The second-order valence-corrected chi connectivity index (χ2v) is 7.43. The Labute approximate surface area is 148 Å². The molecule has 1 N–H and O–H groups in total. The van der Waals surface area contributed by atoms with Crippen molar-refractivity contribution in [3.8, 4) is 0 Å². The van der Waals surface area contributed by atoms with Gasteiger partial charge in [-0.2, -0.15) is 0 Å². The molecule has 2 nitrogen and oxygen atoms in total. The second kappa shape index (κ2) is 6.06. The zero-order chi connectivity index (χ0) is 16.7. The third-order valence-electron chi connectivity index (χ3n) is 5.03. The van der Waals surface area contributed by atoms with E-state index in [1.165, 1.54) is 32.9 Å². The van der Waals surface area contributed by atoms with Gasteiger partial charge in [0, 0.05) is 23.8 Å². The Balaban J connectivity index is 1.69. The molecule has 1 unspecified atom stereocenters. The summed E-state index contributed by atoms with van der Waals surface area (Å²) < 4.78 is 3.47. The summed E-state index contributed by atoms with van der Waals surface area (Å²) in [7, 11) is 0. The zero-order valence-corrected chi connectivity index (χ0v) is 15.0. The molecule has 0 saturated heterocycles. The first kappa shape index (κ1) is 15.4. The van der Waals surface area contributed by atoms with Crippen LogP contribution in [0.3, 0.4) is 0 Å². The molecule has 0 amide bonds. The minimum atomic E-state index is 0.447. The molecule has 2 heterocycles. The van der Waals surface area contributed by atoms with Gasteiger partial charge in [0.2, 0.25) is 0 Å². The van der Waals surface area contributed by atoms with Gasteiger partial charge in [-0.25, -0.2) is 0 Å². The molecule has 0 fully saturated rings. The fourth-order valence-corrected chi connectivity index (χ4v) is 4.53. The highest BCUT2D eigenvalue weighted by atomic mass is 32.2. The Bertz CT molecular complexity index is 837. The molecule has 2 aliphatic heterocycles. The number of nitrogens with zero attached hydrogens (tertiary/aromatic N) is 1. The molecular weight excluding hydrogens is 312 g/mol. The van der Waals surface area contributed by atoms with E-state index in [4.69, 9.17) is 0 Å². The van der Waals surface area contributed by atoms with Gasteiger partial charge in [0.05, 0.1) is 10.6 Å². The highest BCUT2D eigenvalue weighted by molar-refractivity contribution is 8.04. The Morgan fingerprint density at radius 3 is 2.75 bits per heavy atom. The molecule has 2 aromatic carbocycles. The molecule has 2 aliphatic rings. The van der Waals surface area contributed by atoms with Crippen molar-refractivity contribution in [1.82, 2.24) is 4.90 Å². The van der Waals surface area contributed by atoms with E-state index < -0.39 is 0 Å². The minimum absolute atomic E-state index is 0.447. The molecule has 24 heavy (non-hydrogen) atoms. The molecule has 2 aromatic rings. The highest BCUT2D eigenvalue weighted by Crippen LogP contribution is 2.47. The SMILES string of the molecule is C=C1C2=C(CC(C)N1Cc1ccccc1C)c1ccccc1NS2. The number of hydrogen-bond donors (Lipinski definition) is 1. The summed E-state index contributed by atoms with van der Waals surface area (Å²) in [4.78, 5) is 3.74. The predicted molar refractivity (Wildman–Crippen MR) is 105 cm³/mol. The van der Waals surface area contributed by atoms with Crippen LogP contribution in [0.5, 0.6) is 0 Å². The van der Waals surface area contributed by atoms with Crippen molar-refractivity contribution in [2.75, 3.05) is 4.72 Å². The molecule has 0 spiro atoms. The van der Waals surface area contributed by atoms with Crippen LogP contribution in [0, 0.1) is 6.92 Å². The molecular formula is C21H22N2S. The lowest BCUT2D eigenvalue weighted by Crippen LogP contribution is -2.36. The van der Waals surface area contributed by atoms with Crippen molar-refractivity contribution in [2.45, 2.75) is 32.9 Å². The largest absolute Gasteiger partial charge is 0.364 e. The lowest BCUT2D eigenvalue weighted by atomic mass is 9.91. The first-order valence-corrected chi connectivity index (χ1v) is 9.22. The molecule has 0 saturated carbocycles. The molecule has 0 aromatic heterocycles. The number of aryl methyl sites for hydroxylation is 1. The van der Waals surface area contributed by atoms with E-state index >= 15 is 0 Å². The summed E-state index contributed by atoms with van der Waals surface area (Å²) >= 11 is 1.71. The first-order chi connectivity index (χ1) is 11.6. The van der Waals surface area contributed by atoms with Gasteiger partial charge in [0.15, 0.2) is 0 Å². The summed E-state index contributed by atoms with van der Waals surface area (Å²) in [5, 5.41) is 0. The van der Waals surface area contributed by atoms with Crippen LogP contribution in [0.25, 0.3) is 5.57 Å². The van der Waals surface area contributed by atoms with Crippen molar-refractivity contribution < 1.29 is 0 Å². The third kappa shape index (κ3) is 2.53. The van der Waals surface area contributed by atoms with Gasteiger partial charge in [0.25, 0.3) is 0 Å². The van der Waals surface area contributed by atoms with Gasteiger partial charge in [-0.1, -0.05) is 49.0 Å². The number of fused-ring (bicyclic) bond motifs is 2. The molecule has 4 rings (SSSR count). The number of hydrogen-bond acceptors (Lipinski definition) is 3. The van der Waals surface area contributed by atoms with Crippen LogP contribution in [0.2, 0.25) is 0 Å². The van der Waals surface area contributed by atoms with Crippen LogP contribution in [-0.4, -0.2) is 10.9 Å². The summed E-state index contributed by atoms with van der Waals surface area (Å²) in [5.74, 6) is 0. The van der Waals surface area contributed by atoms with Crippen LogP contribution in [0.1, 0.15) is 30.0 Å². The van der Waals surface area contributed by atoms with Crippen molar-refractivity contribution in [3.63, 3.8) is 0 Å². The molecule has 0 bridgehead atoms. The maximum atomic E-state index is 4.44. The standard InChI is InChI=1S/C21H22N2S/c1-14-8-4-5-9-17(14)13-23-15(2)12-19-18-10-6-7-11-20(18)22-24-21(19)16(23)3/h4-11,15,22H,3,12-13H2,1-2H3. The minimum Gasteiger partial charge on any atom is -0.364 e. The topological polar surface area (TPSA) is 15.3 Å². The van der Waals surface area contributed by atoms with Gasteiger partial charge in [-0.05, 0) is 55.0 Å². The van der Waals surface area contributed by atoms with E-state index in [9.17, 15) is 0 Å². The number of nitrogens with one attached hydrogen (secondary N) is 1. The van der Waals surface area contributed by atoms with Crippen LogP contribution in [0.4, 0.5) is 5.69 Å². The van der Waals surface area contributed by atoms with Crippen LogP contribution >= 0.6 is 11.9 Å². The Morgan fingerprint density at radius 1 is 1.17 bits per heavy atom. The van der Waals surface area contributed by atoms with Gasteiger partial charge in [-0.15, -0.1) is 0 Å². The summed E-state index contributed by atoms with van der Waals surface area (Å²) in [6.45, 7) is 9.85. The van der Waals surface area contributed by atoms with Crippen LogP contribution < -0.4 is 4.72 Å². The number of rotatable bonds is 2. The average Bonchev–Trinajstić information content (AvgIpc) is 2.60. The lowest BCUT2D eigenvalue weighted by Gasteiger charge is -2.41. The van der Waals surface area contributed by atoms with Gasteiger partial charge < -0.3 is 9.62 Å². The summed E-state index contributed by atoms with van der Waals surface area (Å²) in [5.41, 5.74) is 7.84. The van der Waals surface area contributed by atoms with Crippen LogP contribution in [0.15, 0.2) is 65.7 Å². The zero-order valence-electron chi connectivity index (χ0n) is 14.2. The maximum absolute atomic E-state index is 4.44. The number of para-hydroxylation sites is 1. The predicted octanol–water partition coefficient (Wildman–Crippen LogP) is 5.59. The average molecular weight is 334 g/mol. The molecule has 0 radical (unpaired) electrons. The van der Waals surface area contributed by atoms with Gasteiger partial charge >= 0.3 is 0 Å². The van der Waals surface area contributed by atoms with Crippen molar-refractivity contribution in [1.29, 1.82) is 0 Å².